The van der Waals surface area contributed by atoms with Gasteiger partial charge in [0.1, 0.15) is 11.9 Å². The third kappa shape index (κ3) is 3.17. The predicted octanol–water partition coefficient (Wildman–Crippen LogP) is 2.72. The van der Waals surface area contributed by atoms with E-state index in [0.717, 1.165) is 12.1 Å². The van der Waals surface area contributed by atoms with Crippen LogP contribution >= 0.6 is 0 Å². The number of hydrogen-bond acceptors (Lipinski definition) is 2. The Bertz CT molecular complexity index is 361. The van der Waals surface area contributed by atoms with E-state index in [4.69, 9.17) is 10.5 Å². The van der Waals surface area contributed by atoms with Crippen molar-refractivity contribution < 1.29 is 13.5 Å². The fourth-order valence-corrected chi connectivity index (χ4v) is 1.30. The molecule has 2 nitrogen and oxygen atoms in total. The van der Waals surface area contributed by atoms with Gasteiger partial charge in [0, 0.05) is 18.0 Å². The molecule has 0 aliphatic carbocycles. The zero-order valence-corrected chi connectivity index (χ0v) is 9.76. The molecular formula is C12H17F2NO. The third-order valence-electron chi connectivity index (χ3n) is 2.34. The fourth-order valence-electron chi connectivity index (χ4n) is 1.30. The Kier molecular flexibility index (Phi) is 3.86. The summed E-state index contributed by atoms with van der Waals surface area (Å²) in [6.07, 6.45) is -0.313. The highest BCUT2D eigenvalue weighted by Crippen LogP contribution is 2.26. The number of rotatable bonds is 3. The summed E-state index contributed by atoms with van der Waals surface area (Å²) in [5.41, 5.74) is 5.37. The average Bonchev–Trinajstić information content (AvgIpc) is 2.14. The van der Waals surface area contributed by atoms with Crippen LogP contribution in [0.2, 0.25) is 0 Å². The SMILES string of the molecule is CC(C)(C)C(CN)Oc1ccc(F)cc1F. The molecule has 0 aliphatic heterocycles. The molecule has 16 heavy (non-hydrogen) atoms. The summed E-state index contributed by atoms with van der Waals surface area (Å²) in [6.45, 7) is 6.13. The number of nitrogens with two attached hydrogens (primary N) is 1. The standard InChI is InChI=1S/C12H17F2NO/c1-12(2,3)11(7-15)16-10-5-4-8(13)6-9(10)14/h4-6,11H,7,15H2,1-3H3. The van der Waals surface area contributed by atoms with Crippen molar-refractivity contribution in [1.29, 1.82) is 0 Å². The molecule has 0 radical (unpaired) electrons. The topological polar surface area (TPSA) is 35.2 Å². The van der Waals surface area contributed by atoms with Crippen molar-refractivity contribution in [2.75, 3.05) is 6.54 Å². The van der Waals surface area contributed by atoms with Gasteiger partial charge in [-0.2, -0.15) is 0 Å². The molecule has 0 aromatic heterocycles. The lowest BCUT2D eigenvalue weighted by Crippen LogP contribution is -2.38. The summed E-state index contributed by atoms with van der Waals surface area (Å²) in [5.74, 6) is -1.29. The number of halogens is 2. The van der Waals surface area contributed by atoms with E-state index in [0.29, 0.717) is 0 Å². The first kappa shape index (κ1) is 12.9. The summed E-state index contributed by atoms with van der Waals surface area (Å²) in [4.78, 5) is 0. The maximum atomic E-state index is 13.3. The first-order valence-corrected chi connectivity index (χ1v) is 5.16. The van der Waals surface area contributed by atoms with Crippen LogP contribution in [0.5, 0.6) is 5.75 Å². The number of ether oxygens (including phenoxy) is 1. The van der Waals surface area contributed by atoms with Gasteiger partial charge in [-0.05, 0) is 12.1 Å². The average molecular weight is 229 g/mol. The highest BCUT2D eigenvalue weighted by Gasteiger charge is 2.26. The van der Waals surface area contributed by atoms with Gasteiger partial charge >= 0.3 is 0 Å². The lowest BCUT2D eigenvalue weighted by molar-refractivity contribution is 0.0897. The largest absolute Gasteiger partial charge is 0.485 e. The molecule has 4 heteroatoms. The van der Waals surface area contributed by atoms with Gasteiger partial charge in [-0.15, -0.1) is 0 Å². The van der Waals surface area contributed by atoms with Crippen LogP contribution in [0, 0.1) is 17.0 Å². The van der Waals surface area contributed by atoms with E-state index in [9.17, 15) is 8.78 Å². The highest BCUT2D eigenvalue weighted by molar-refractivity contribution is 5.25. The van der Waals surface area contributed by atoms with Gasteiger partial charge in [0.05, 0.1) is 0 Å². The molecule has 0 spiro atoms. The number of hydrogen-bond donors (Lipinski definition) is 1. The zero-order valence-electron chi connectivity index (χ0n) is 9.76. The van der Waals surface area contributed by atoms with Crippen molar-refractivity contribution in [2.24, 2.45) is 11.1 Å². The van der Waals surface area contributed by atoms with Crippen LogP contribution in [0.25, 0.3) is 0 Å². The molecule has 1 rings (SSSR count). The van der Waals surface area contributed by atoms with E-state index in [1.807, 2.05) is 20.8 Å². The van der Waals surface area contributed by atoms with Gasteiger partial charge in [-0.1, -0.05) is 20.8 Å². The molecule has 0 saturated heterocycles. The summed E-state index contributed by atoms with van der Waals surface area (Å²) in [7, 11) is 0. The minimum atomic E-state index is -0.706. The zero-order chi connectivity index (χ0) is 12.3. The first-order chi connectivity index (χ1) is 7.34. The summed E-state index contributed by atoms with van der Waals surface area (Å²) >= 11 is 0. The second-order valence-corrected chi connectivity index (χ2v) is 4.78. The Morgan fingerprint density at radius 2 is 1.94 bits per heavy atom. The Morgan fingerprint density at radius 1 is 1.31 bits per heavy atom. The van der Waals surface area contributed by atoms with E-state index in [1.165, 1.54) is 6.07 Å². The smallest absolute Gasteiger partial charge is 0.167 e. The molecule has 0 saturated carbocycles. The molecule has 1 aromatic rings. The highest BCUT2D eigenvalue weighted by atomic mass is 19.1. The van der Waals surface area contributed by atoms with Gasteiger partial charge < -0.3 is 10.5 Å². The maximum Gasteiger partial charge on any atom is 0.167 e. The quantitative estimate of drug-likeness (QED) is 0.864. The predicted molar refractivity (Wildman–Crippen MR) is 59.3 cm³/mol. The summed E-state index contributed by atoms with van der Waals surface area (Å²) in [6, 6.07) is 3.24. The lowest BCUT2D eigenvalue weighted by Gasteiger charge is -2.30. The molecule has 2 N–H and O–H groups in total. The van der Waals surface area contributed by atoms with E-state index in [2.05, 4.69) is 0 Å². The van der Waals surface area contributed by atoms with Crippen molar-refractivity contribution >= 4 is 0 Å². The van der Waals surface area contributed by atoms with E-state index in [-0.39, 0.29) is 23.8 Å². The minimum Gasteiger partial charge on any atom is -0.485 e. The van der Waals surface area contributed by atoms with Gasteiger partial charge in [0.2, 0.25) is 0 Å². The van der Waals surface area contributed by atoms with Crippen molar-refractivity contribution in [3.05, 3.63) is 29.8 Å². The van der Waals surface area contributed by atoms with Crippen molar-refractivity contribution in [1.82, 2.24) is 0 Å². The summed E-state index contributed by atoms with van der Waals surface area (Å²) in [5, 5.41) is 0. The lowest BCUT2D eigenvalue weighted by atomic mass is 9.89. The molecule has 0 heterocycles. The van der Waals surface area contributed by atoms with Crippen LogP contribution in [0.1, 0.15) is 20.8 Å². The summed E-state index contributed by atoms with van der Waals surface area (Å²) < 4.78 is 31.5. The van der Waals surface area contributed by atoms with Crippen LogP contribution in [0.15, 0.2) is 18.2 Å². The third-order valence-corrected chi connectivity index (χ3v) is 2.34. The minimum absolute atomic E-state index is 0.0341. The Hall–Kier alpha value is -1.16. The van der Waals surface area contributed by atoms with Crippen LogP contribution in [-0.2, 0) is 0 Å². The van der Waals surface area contributed by atoms with Crippen molar-refractivity contribution in [3.8, 4) is 5.75 Å². The van der Waals surface area contributed by atoms with Gasteiger partial charge in [0.25, 0.3) is 0 Å². The van der Waals surface area contributed by atoms with Crippen molar-refractivity contribution in [3.63, 3.8) is 0 Å². The van der Waals surface area contributed by atoms with Gasteiger partial charge in [-0.25, -0.2) is 8.78 Å². The molecule has 0 amide bonds. The normalized spacial score (nSPS) is 13.6. The van der Waals surface area contributed by atoms with Crippen molar-refractivity contribution in [2.45, 2.75) is 26.9 Å². The van der Waals surface area contributed by atoms with Crippen LogP contribution < -0.4 is 10.5 Å². The molecule has 90 valence electrons. The molecule has 1 atom stereocenters. The number of benzene rings is 1. The van der Waals surface area contributed by atoms with Gasteiger partial charge in [0.15, 0.2) is 11.6 Å². The fraction of sp³-hybridized carbons (Fsp3) is 0.500. The molecular weight excluding hydrogens is 212 g/mol. The monoisotopic (exact) mass is 229 g/mol. The Labute approximate surface area is 94.4 Å². The van der Waals surface area contributed by atoms with E-state index < -0.39 is 11.6 Å². The molecule has 0 bridgehead atoms. The molecule has 1 aromatic carbocycles. The van der Waals surface area contributed by atoms with E-state index in [1.54, 1.807) is 0 Å². The second-order valence-electron chi connectivity index (χ2n) is 4.78. The van der Waals surface area contributed by atoms with Crippen LogP contribution in [0.4, 0.5) is 8.78 Å². The van der Waals surface area contributed by atoms with Crippen LogP contribution in [0.3, 0.4) is 0 Å². The van der Waals surface area contributed by atoms with E-state index >= 15 is 0 Å². The Balaban J connectivity index is 2.86. The molecule has 1 unspecified atom stereocenters. The molecule has 0 fully saturated rings. The molecule has 0 aliphatic rings. The van der Waals surface area contributed by atoms with Crippen LogP contribution in [-0.4, -0.2) is 12.6 Å². The first-order valence-electron chi connectivity index (χ1n) is 5.16. The second kappa shape index (κ2) is 4.78. The van der Waals surface area contributed by atoms with Gasteiger partial charge in [-0.3, -0.25) is 0 Å². The Morgan fingerprint density at radius 3 is 2.38 bits per heavy atom. The maximum absolute atomic E-state index is 13.3.